The fraction of sp³-hybridized carbons (Fsp3) is 0.983. The van der Waals surface area contributed by atoms with Gasteiger partial charge in [0, 0.05) is 6.42 Å². The summed E-state index contributed by atoms with van der Waals surface area (Å²) in [5, 5.41) is 87.3. The van der Waals surface area contributed by atoms with E-state index in [9.17, 15) is 45.6 Å². The lowest BCUT2D eigenvalue weighted by atomic mass is 9.97. The molecule has 0 aromatic heterocycles. The summed E-state index contributed by atoms with van der Waals surface area (Å²) in [6.45, 7) is 2.91. The van der Waals surface area contributed by atoms with E-state index in [0.29, 0.717) is 12.8 Å². The normalized spacial score (nSPS) is 25.3. The molecule has 2 fully saturated rings. The summed E-state index contributed by atoms with van der Waals surface area (Å²) in [6.07, 6.45) is 33.8. The first-order valence-corrected chi connectivity index (χ1v) is 30.8. The summed E-state index contributed by atoms with van der Waals surface area (Å²) < 4.78 is 22.9. The van der Waals surface area contributed by atoms with Crippen molar-refractivity contribution in [3.8, 4) is 0 Å². The summed E-state index contributed by atoms with van der Waals surface area (Å²) in [5.41, 5.74) is 0. The van der Waals surface area contributed by atoms with Crippen molar-refractivity contribution in [3.05, 3.63) is 0 Å². The monoisotopic (exact) mass is 1050 g/mol. The summed E-state index contributed by atoms with van der Waals surface area (Å²) in [7, 11) is 0. The van der Waals surface area contributed by atoms with E-state index in [4.69, 9.17) is 18.9 Å². The van der Waals surface area contributed by atoms with Gasteiger partial charge in [0.1, 0.15) is 48.8 Å². The molecule has 14 nitrogen and oxygen atoms in total. The first kappa shape index (κ1) is 68.1. The number of hydrogen-bond acceptors (Lipinski definition) is 13. The van der Waals surface area contributed by atoms with Gasteiger partial charge in [0.15, 0.2) is 12.6 Å². The van der Waals surface area contributed by atoms with Crippen molar-refractivity contribution in [1.82, 2.24) is 5.32 Å². The first-order valence-electron chi connectivity index (χ1n) is 30.8. The molecule has 0 aliphatic carbocycles. The number of aliphatic hydroxyl groups is 8. The van der Waals surface area contributed by atoms with Gasteiger partial charge in [0.25, 0.3) is 0 Å². The Morgan fingerprint density at radius 1 is 0.438 bits per heavy atom. The molecule has 12 unspecified atom stereocenters. The van der Waals surface area contributed by atoms with Gasteiger partial charge >= 0.3 is 0 Å². The van der Waals surface area contributed by atoms with Crippen LogP contribution in [0, 0.1) is 0 Å². The van der Waals surface area contributed by atoms with Crippen LogP contribution in [0.15, 0.2) is 0 Å². The van der Waals surface area contributed by atoms with Crippen LogP contribution in [0.4, 0.5) is 0 Å². The Kier molecular flexibility index (Phi) is 42.9. The van der Waals surface area contributed by atoms with Crippen LogP contribution in [0.2, 0.25) is 0 Å². The number of ether oxygens (including phenoxy) is 4. The zero-order valence-electron chi connectivity index (χ0n) is 46.7. The van der Waals surface area contributed by atoms with Crippen molar-refractivity contribution in [2.75, 3.05) is 19.8 Å². The molecule has 73 heavy (non-hydrogen) atoms. The van der Waals surface area contributed by atoms with E-state index in [-0.39, 0.29) is 12.5 Å². The van der Waals surface area contributed by atoms with E-state index in [1.54, 1.807) is 0 Å². The third kappa shape index (κ3) is 31.9. The largest absolute Gasteiger partial charge is 0.394 e. The van der Waals surface area contributed by atoms with Gasteiger partial charge in [0.2, 0.25) is 5.91 Å². The molecule has 0 radical (unpaired) electrons. The standard InChI is InChI=1S/C59H115NO13/c1-3-5-7-9-11-13-15-17-19-21-23-25-26-28-30-32-34-36-38-40-42-48(63)47(60-51(64)43-41-39-37-35-33-31-29-27-24-22-20-18-16-14-12-10-8-6-4-2)46-70-58-56(69)54(67)57(50(45-62)72-58)73-59-55(68)53(66)52(65)49(44-61)71-59/h47-50,52-59,61-63,65-69H,3-46H2,1-2H3,(H,60,64). The van der Waals surface area contributed by atoms with Gasteiger partial charge in [-0.15, -0.1) is 0 Å². The quantitative estimate of drug-likeness (QED) is 0.0259. The molecule has 0 aromatic rings. The highest BCUT2D eigenvalue weighted by molar-refractivity contribution is 5.76. The highest BCUT2D eigenvalue weighted by atomic mass is 16.7. The fourth-order valence-electron chi connectivity index (χ4n) is 10.6. The van der Waals surface area contributed by atoms with E-state index < -0.39 is 86.8 Å². The fourth-order valence-corrected chi connectivity index (χ4v) is 10.6. The highest BCUT2D eigenvalue weighted by Gasteiger charge is 2.51. The van der Waals surface area contributed by atoms with Crippen molar-refractivity contribution in [1.29, 1.82) is 0 Å². The van der Waals surface area contributed by atoms with Gasteiger partial charge in [-0.1, -0.05) is 258 Å². The van der Waals surface area contributed by atoms with E-state index in [0.717, 1.165) is 51.4 Å². The molecule has 2 rings (SSSR count). The number of hydrogen-bond donors (Lipinski definition) is 9. The minimum absolute atomic E-state index is 0.200. The van der Waals surface area contributed by atoms with Crippen LogP contribution in [-0.2, 0) is 23.7 Å². The molecule has 2 aliphatic heterocycles. The Morgan fingerprint density at radius 3 is 1.16 bits per heavy atom. The number of rotatable bonds is 50. The molecule has 9 N–H and O–H groups in total. The van der Waals surface area contributed by atoms with E-state index >= 15 is 0 Å². The Labute approximate surface area is 444 Å². The first-order chi connectivity index (χ1) is 35.6. The number of carbonyl (C=O) groups excluding carboxylic acids is 1. The molecule has 1 amide bonds. The lowest BCUT2D eigenvalue weighted by Gasteiger charge is -2.46. The average Bonchev–Trinajstić information content (AvgIpc) is 3.39. The molecular formula is C59H115NO13. The maximum Gasteiger partial charge on any atom is 0.220 e. The van der Waals surface area contributed by atoms with Crippen molar-refractivity contribution >= 4 is 5.91 Å². The molecule has 0 saturated carbocycles. The summed E-state index contributed by atoms with van der Waals surface area (Å²) in [6, 6.07) is -0.822. The Bertz CT molecular complexity index is 1230. The number of amides is 1. The van der Waals surface area contributed by atoms with Gasteiger partial charge in [-0.2, -0.15) is 0 Å². The molecule has 0 bridgehead atoms. The van der Waals surface area contributed by atoms with Crippen LogP contribution in [-0.4, -0.2) is 140 Å². The maximum absolute atomic E-state index is 13.3. The molecule has 2 saturated heterocycles. The minimum atomic E-state index is -1.78. The van der Waals surface area contributed by atoms with Crippen molar-refractivity contribution in [3.63, 3.8) is 0 Å². The highest BCUT2D eigenvalue weighted by Crippen LogP contribution is 2.30. The van der Waals surface area contributed by atoms with Crippen LogP contribution in [0.25, 0.3) is 0 Å². The van der Waals surface area contributed by atoms with Gasteiger partial charge in [-0.05, 0) is 12.8 Å². The molecule has 0 spiro atoms. The lowest BCUT2D eigenvalue weighted by molar-refractivity contribution is -0.359. The predicted molar refractivity (Wildman–Crippen MR) is 291 cm³/mol. The second kappa shape index (κ2) is 46.0. The minimum Gasteiger partial charge on any atom is -0.394 e. The Morgan fingerprint density at radius 2 is 0.781 bits per heavy atom. The molecule has 2 heterocycles. The summed E-state index contributed by atoms with van der Waals surface area (Å²) in [4.78, 5) is 13.3. The zero-order valence-corrected chi connectivity index (χ0v) is 46.7. The van der Waals surface area contributed by atoms with Crippen molar-refractivity contribution in [2.24, 2.45) is 0 Å². The topological polar surface area (TPSA) is 228 Å². The number of aliphatic hydroxyl groups excluding tert-OH is 8. The molecule has 12 atom stereocenters. The van der Waals surface area contributed by atoms with Gasteiger partial charge in [0.05, 0.1) is 32.0 Å². The molecular weight excluding hydrogens is 931 g/mol. The Balaban J connectivity index is 1.74. The van der Waals surface area contributed by atoms with E-state index in [2.05, 4.69) is 19.2 Å². The average molecular weight is 1050 g/mol. The van der Waals surface area contributed by atoms with Crippen LogP contribution < -0.4 is 5.32 Å². The molecule has 14 heteroatoms. The number of unbranched alkanes of at least 4 members (excludes halogenated alkanes) is 37. The van der Waals surface area contributed by atoms with Crippen LogP contribution in [0.1, 0.15) is 277 Å². The number of carbonyl (C=O) groups is 1. The lowest BCUT2D eigenvalue weighted by Crippen LogP contribution is -2.65. The molecule has 2 aliphatic rings. The second-order valence-electron chi connectivity index (χ2n) is 22.2. The summed E-state index contributed by atoms with van der Waals surface area (Å²) in [5.74, 6) is -0.200. The maximum atomic E-state index is 13.3. The third-order valence-corrected chi connectivity index (χ3v) is 15.6. The number of nitrogens with one attached hydrogen (secondary N) is 1. The predicted octanol–water partition coefficient (Wildman–Crippen LogP) is 10.5. The smallest absolute Gasteiger partial charge is 0.220 e. The molecule has 434 valence electrons. The molecule has 0 aromatic carbocycles. The van der Waals surface area contributed by atoms with E-state index in [1.165, 1.54) is 199 Å². The van der Waals surface area contributed by atoms with Gasteiger partial charge in [-0.25, -0.2) is 0 Å². The van der Waals surface area contributed by atoms with Gasteiger partial charge in [-0.3, -0.25) is 4.79 Å². The zero-order chi connectivity index (χ0) is 53.2. The van der Waals surface area contributed by atoms with Crippen molar-refractivity contribution < 1.29 is 64.6 Å². The van der Waals surface area contributed by atoms with Crippen LogP contribution in [0.3, 0.4) is 0 Å². The van der Waals surface area contributed by atoms with Crippen LogP contribution >= 0.6 is 0 Å². The van der Waals surface area contributed by atoms with E-state index in [1.807, 2.05) is 0 Å². The Hall–Kier alpha value is -1.01. The SMILES string of the molecule is CCCCCCCCCCCCCCCCCCCCCCC(O)C(COC1OC(CO)C(OC2OC(CO)C(O)C(O)C2O)C(O)C1O)NC(=O)CCCCCCCCCCCCCCCCCCCCC. The second-order valence-corrected chi connectivity index (χ2v) is 22.2. The summed E-state index contributed by atoms with van der Waals surface area (Å²) >= 11 is 0. The third-order valence-electron chi connectivity index (χ3n) is 15.6. The van der Waals surface area contributed by atoms with Gasteiger partial charge < -0.3 is 65.1 Å². The van der Waals surface area contributed by atoms with Crippen molar-refractivity contribution in [2.45, 2.75) is 351 Å². The van der Waals surface area contributed by atoms with Crippen LogP contribution in [0.5, 0.6) is 0 Å².